The van der Waals surface area contributed by atoms with E-state index in [-0.39, 0.29) is 36.2 Å². The molecule has 7 heteroatoms. The van der Waals surface area contributed by atoms with E-state index in [1.54, 1.807) is 18.2 Å². The fraction of sp³-hybridized carbons (Fsp3) is 0.176. The molecule has 0 fully saturated rings. The highest BCUT2D eigenvalue weighted by Gasteiger charge is 2.15. The molecule has 2 N–H and O–H groups in total. The summed E-state index contributed by atoms with van der Waals surface area (Å²) in [6.45, 7) is -0.203. The highest BCUT2D eigenvalue weighted by molar-refractivity contribution is 6.31. The predicted molar refractivity (Wildman–Crippen MR) is 88.3 cm³/mol. The molecule has 0 spiro atoms. The van der Waals surface area contributed by atoms with Crippen LogP contribution in [0.5, 0.6) is 5.75 Å². The summed E-state index contributed by atoms with van der Waals surface area (Å²) in [6.07, 6.45) is 0. The van der Waals surface area contributed by atoms with Crippen LogP contribution >= 0.6 is 11.6 Å². The zero-order valence-electron chi connectivity index (χ0n) is 13.0. The number of hydrogen-bond donors (Lipinski definition) is 1. The number of nitrogens with two attached hydrogens (primary N) is 1. The second-order valence-electron chi connectivity index (χ2n) is 5.13. The Labute approximate surface area is 143 Å². The van der Waals surface area contributed by atoms with Crippen molar-refractivity contribution >= 4 is 23.4 Å². The van der Waals surface area contributed by atoms with Gasteiger partial charge in [-0.05, 0) is 24.3 Å². The third kappa shape index (κ3) is 4.45. The highest BCUT2D eigenvalue weighted by atomic mass is 35.5. The number of hydrogen-bond acceptors (Lipinski definition) is 3. The second-order valence-corrected chi connectivity index (χ2v) is 5.57. The first kappa shape index (κ1) is 17.7. The van der Waals surface area contributed by atoms with E-state index in [2.05, 4.69) is 0 Å². The van der Waals surface area contributed by atoms with Gasteiger partial charge in [0.1, 0.15) is 11.6 Å². The van der Waals surface area contributed by atoms with E-state index >= 15 is 0 Å². The Kier molecular flexibility index (Phi) is 5.76. The van der Waals surface area contributed by atoms with E-state index in [9.17, 15) is 14.0 Å². The number of ether oxygens (including phenoxy) is 1. The largest absolute Gasteiger partial charge is 0.483 e. The Bertz CT molecular complexity index is 767. The van der Waals surface area contributed by atoms with Crippen LogP contribution in [0.4, 0.5) is 4.39 Å². The first-order valence-corrected chi connectivity index (χ1v) is 7.46. The zero-order valence-corrected chi connectivity index (χ0v) is 13.7. The molecular weight excluding hydrogens is 335 g/mol. The zero-order chi connectivity index (χ0) is 17.7. The Morgan fingerprint density at radius 2 is 1.96 bits per heavy atom. The van der Waals surface area contributed by atoms with Crippen LogP contribution in [0.3, 0.4) is 0 Å². The van der Waals surface area contributed by atoms with Crippen LogP contribution in [0.1, 0.15) is 15.9 Å². The fourth-order valence-electron chi connectivity index (χ4n) is 2.04. The quantitative estimate of drug-likeness (QED) is 0.870. The second kappa shape index (κ2) is 7.79. The van der Waals surface area contributed by atoms with Crippen molar-refractivity contribution in [3.05, 3.63) is 64.4 Å². The van der Waals surface area contributed by atoms with Crippen LogP contribution in [-0.2, 0) is 11.3 Å². The summed E-state index contributed by atoms with van der Waals surface area (Å²) >= 11 is 5.81. The van der Waals surface area contributed by atoms with Crippen LogP contribution in [0.2, 0.25) is 5.02 Å². The Hall–Kier alpha value is -2.60. The van der Waals surface area contributed by atoms with Gasteiger partial charge in [0, 0.05) is 24.2 Å². The van der Waals surface area contributed by atoms with Gasteiger partial charge in [0.15, 0.2) is 6.61 Å². The smallest absolute Gasteiger partial charge is 0.260 e. The van der Waals surface area contributed by atoms with Crippen molar-refractivity contribution in [1.29, 1.82) is 0 Å². The monoisotopic (exact) mass is 350 g/mol. The maximum Gasteiger partial charge on any atom is 0.260 e. The number of primary amides is 1. The third-order valence-corrected chi connectivity index (χ3v) is 3.58. The standard InChI is InChI=1S/C17H16ClFN2O3/c1-21(9-11-4-2-3-5-14(11)19)16(22)10-24-15-7-6-12(18)8-13(15)17(20)23/h2-8H,9-10H2,1H3,(H2,20,23). The van der Waals surface area contributed by atoms with Gasteiger partial charge in [0.05, 0.1) is 5.56 Å². The van der Waals surface area contributed by atoms with Crippen LogP contribution in [0.25, 0.3) is 0 Å². The molecule has 0 saturated heterocycles. The minimum absolute atomic E-state index is 0.0899. The minimum Gasteiger partial charge on any atom is -0.483 e. The molecule has 0 aliphatic heterocycles. The first-order chi connectivity index (χ1) is 11.4. The highest BCUT2D eigenvalue weighted by Crippen LogP contribution is 2.22. The molecule has 0 radical (unpaired) electrons. The summed E-state index contributed by atoms with van der Waals surface area (Å²) in [7, 11) is 1.54. The van der Waals surface area contributed by atoms with Gasteiger partial charge in [-0.1, -0.05) is 29.8 Å². The lowest BCUT2D eigenvalue weighted by Crippen LogP contribution is -2.31. The molecule has 5 nitrogen and oxygen atoms in total. The van der Waals surface area contributed by atoms with Crippen molar-refractivity contribution in [2.24, 2.45) is 5.73 Å². The molecule has 2 aromatic carbocycles. The van der Waals surface area contributed by atoms with E-state index < -0.39 is 5.91 Å². The topological polar surface area (TPSA) is 72.6 Å². The number of likely N-dealkylation sites (N-methyl/N-ethyl adjacent to an activating group) is 1. The number of carbonyl (C=O) groups is 2. The van der Waals surface area contributed by atoms with Gasteiger partial charge in [-0.25, -0.2) is 4.39 Å². The molecule has 2 amide bonds. The van der Waals surface area contributed by atoms with Crippen molar-refractivity contribution in [3.8, 4) is 5.75 Å². The van der Waals surface area contributed by atoms with Crippen molar-refractivity contribution < 1.29 is 18.7 Å². The molecule has 126 valence electrons. The van der Waals surface area contributed by atoms with E-state index in [1.807, 2.05) is 0 Å². The van der Waals surface area contributed by atoms with Crippen molar-refractivity contribution in [1.82, 2.24) is 4.90 Å². The molecule has 2 rings (SSSR count). The lowest BCUT2D eigenvalue weighted by atomic mass is 10.2. The summed E-state index contributed by atoms with van der Waals surface area (Å²) in [6, 6.07) is 10.6. The fourth-order valence-corrected chi connectivity index (χ4v) is 2.21. The molecule has 0 aliphatic rings. The predicted octanol–water partition coefficient (Wildman–Crippen LogP) is 2.62. The van der Waals surface area contributed by atoms with E-state index in [0.29, 0.717) is 10.6 Å². The molecule has 0 heterocycles. The molecule has 0 aromatic heterocycles. The number of rotatable bonds is 6. The average Bonchev–Trinajstić information content (AvgIpc) is 2.55. The molecule has 24 heavy (non-hydrogen) atoms. The summed E-state index contributed by atoms with van der Waals surface area (Å²) in [5.74, 6) is -1.30. The number of amides is 2. The summed E-state index contributed by atoms with van der Waals surface area (Å²) in [5, 5.41) is 0.333. The van der Waals surface area contributed by atoms with Gasteiger partial charge in [-0.3, -0.25) is 9.59 Å². The number of carbonyl (C=O) groups excluding carboxylic acids is 2. The van der Waals surface area contributed by atoms with Crippen LogP contribution in [0.15, 0.2) is 42.5 Å². The van der Waals surface area contributed by atoms with Crippen LogP contribution < -0.4 is 10.5 Å². The molecule has 0 aliphatic carbocycles. The minimum atomic E-state index is -0.709. The summed E-state index contributed by atoms with van der Waals surface area (Å²) < 4.78 is 19.0. The lowest BCUT2D eigenvalue weighted by Gasteiger charge is -2.18. The number of benzene rings is 2. The SMILES string of the molecule is CN(Cc1ccccc1F)C(=O)COc1ccc(Cl)cc1C(N)=O. The molecule has 0 saturated carbocycles. The van der Waals surface area contributed by atoms with E-state index in [0.717, 1.165) is 0 Å². The Morgan fingerprint density at radius 3 is 2.62 bits per heavy atom. The van der Waals surface area contributed by atoms with E-state index in [4.69, 9.17) is 22.1 Å². The average molecular weight is 351 g/mol. The van der Waals surface area contributed by atoms with Gasteiger partial charge in [-0.2, -0.15) is 0 Å². The first-order valence-electron chi connectivity index (χ1n) is 7.08. The van der Waals surface area contributed by atoms with Gasteiger partial charge in [0.2, 0.25) is 0 Å². The molecular formula is C17H16ClFN2O3. The molecule has 0 bridgehead atoms. The molecule has 0 unspecified atom stereocenters. The number of halogens is 2. The van der Waals surface area contributed by atoms with Gasteiger partial charge < -0.3 is 15.4 Å². The molecule has 2 aromatic rings. The maximum absolute atomic E-state index is 13.6. The number of nitrogens with zero attached hydrogens (tertiary/aromatic N) is 1. The van der Waals surface area contributed by atoms with Gasteiger partial charge in [0.25, 0.3) is 11.8 Å². The Balaban J connectivity index is 2.00. The summed E-state index contributed by atoms with van der Waals surface area (Å²) in [4.78, 5) is 24.8. The van der Waals surface area contributed by atoms with E-state index in [1.165, 1.54) is 36.2 Å². The van der Waals surface area contributed by atoms with Gasteiger partial charge >= 0.3 is 0 Å². The lowest BCUT2D eigenvalue weighted by molar-refractivity contribution is -0.132. The molecule has 0 atom stereocenters. The normalized spacial score (nSPS) is 10.3. The summed E-state index contributed by atoms with van der Waals surface area (Å²) in [5.41, 5.74) is 5.74. The Morgan fingerprint density at radius 1 is 1.25 bits per heavy atom. The van der Waals surface area contributed by atoms with Crippen molar-refractivity contribution in [3.63, 3.8) is 0 Å². The van der Waals surface area contributed by atoms with Crippen molar-refractivity contribution in [2.75, 3.05) is 13.7 Å². The van der Waals surface area contributed by atoms with Crippen LogP contribution in [0, 0.1) is 5.82 Å². The maximum atomic E-state index is 13.6. The van der Waals surface area contributed by atoms with Gasteiger partial charge in [-0.15, -0.1) is 0 Å². The van der Waals surface area contributed by atoms with Crippen LogP contribution in [-0.4, -0.2) is 30.4 Å². The van der Waals surface area contributed by atoms with Crippen molar-refractivity contribution in [2.45, 2.75) is 6.54 Å². The third-order valence-electron chi connectivity index (χ3n) is 3.35.